The van der Waals surface area contributed by atoms with E-state index in [4.69, 9.17) is 9.47 Å². The Morgan fingerprint density at radius 2 is 1.92 bits per heavy atom. The lowest BCUT2D eigenvalue weighted by Crippen LogP contribution is -2.12. The number of carbonyl (C=O) groups excluding carboxylic acids is 1. The molecule has 1 N–H and O–H groups in total. The predicted molar refractivity (Wildman–Crippen MR) is 91.4 cm³/mol. The largest absolute Gasteiger partial charge is 0.454 e. The van der Waals surface area contributed by atoms with Gasteiger partial charge in [0.25, 0.3) is 5.91 Å². The maximum atomic E-state index is 12.2. The van der Waals surface area contributed by atoms with E-state index in [9.17, 15) is 4.79 Å². The van der Waals surface area contributed by atoms with E-state index in [0.29, 0.717) is 6.54 Å². The predicted octanol–water partition coefficient (Wildman–Crippen LogP) is 3.79. The second-order valence-electron chi connectivity index (χ2n) is 6.17. The normalized spacial score (nSPS) is 14.8. The van der Waals surface area contributed by atoms with Crippen LogP contribution in [0, 0.1) is 6.92 Å². The third-order valence-electron chi connectivity index (χ3n) is 4.83. The number of ether oxygens (including phenoxy) is 2. The molecule has 0 saturated heterocycles. The van der Waals surface area contributed by atoms with Gasteiger partial charge in [0.05, 0.1) is 0 Å². The van der Waals surface area contributed by atoms with Crippen molar-refractivity contribution in [3.63, 3.8) is 0 Å². The molecular weight excluding hydrogens is 302 g/mol. The summed E-state index contributed by atoms with van der Waals surface area (Å²) in [6.07, 6.45) is 0. The Balaban J connectivity index is 1.98. The van der Waals surface area contributed by atoms with Crippen molar-refractivity contribution in [2.45, 2.75) is 13.5 Å². The van der Waals surface area contributed by atoms with Gasteiger partial charge in [0.2, 0.25) is 6.79 Å². The van der Waals surface area contributed by atoms with Gasteiger partial charge in [-0.25, -0.2) is 0 Å². The van der Waals surface area contributed by atoms with E-state index in [0.717, 1.165) is 44.5 Å². The van der Waals surface area contributed by atoms with Crippen molar-refractivity contribution >= 4 is 16.7 Å². The molecule has 0 fully saturated rings. The molecule has 2 heterocycles. The Kier molecular flexibility index (Phi) is 2.65. The van der Waals surface area contributed by atoms with Crippen LogP contribution >= 0.6 is 0 Å². The van der Waals surface area contributed by atoms with Crippen molar-refractivity contribution in [3.05, 3.63) is 59.2 Å². The highest BCUT2D eigenvalue weighted by Gasteiger charge is 2.28. The molecule has 2 aliphatic rings. The highest BCUT2D eigenvalue weighted by Crippen LogP contribution is 2.47. The molecule has 0 saturated carbocycles. The summed E-state index contributed by atoms with van der Waals surface area (Å²) in [4.78, 5) is 12.2. The molecule has 0 atom stereocenters. The lowest BCUT2D eigenvalue weighted by atomic mass is 9.88. The average molecular weight is 317 g/mol. The molecule has 5 rings (SSSR count). The van der Waals surface area contributed by atoms with Gasteiger partial charge in [0, 0.05) is 17.5 Å². The van der Waals surface area contributed by atoms with Crippen LogP contribution in [0.25, 0.3) is 21.9 Å². The fourth-order valence-corrected chi connectivity index (χ4v) is 3.69. The summed E-state index contributed by atoms with van der Waals surface area (Å²) in [5.74, 6) is 1.52. The molecule has 2 aliphatic heterocycles. The molecule has 0 unspecified atom stereocenters. The molecule has 24 heavy (non-hydrogen) atoms. The first-order chi connectivity index (χ1) is 11.7. The van der Waals surface area contributed by atoms with Gasteiger partial charge in [-0.15, -0.1) is 0 Å². The van der Waals surface area contributed by atoms with Gasteiger partial charge in [-0.2, -0.15) is 0 Å². The Morgan fingerprint density at radius 1 is 1.04 bits per heavy atom. The van der Waals surface area contributed by atoms with Gasteiger partial charge in [-0.3, -0.25) is 4.79 Å². The third kappa shape index (κ3) is 1.71. The van der Waals surface area contributed by atoms with Gasteiger partial charge < -0.3 is 14.8 Å². The van der Waals surface area contributed by atoms with Crippen LogP contribution in [0.15, 0.2) is 42.5 Å². The molecule has 3 aromatic rings. The fourth-order valence-electron chi connectivity index (χ4n) is 3.69. The fraction of sp³-hybridized carbons (Fsp3) is 0.150. The molecule has 4 heteroatoms. The summed E-state index contributed by atoms with van der Waals surface area (Å²) in [6.45, 7) is 2.86. The Hall–Kier alpha value is -3.01. The molecule has 0 radical (unpaired) electrons. The van der Waals surface area contributed by atoms with E-state index in [-0.39, 0.29) is 12.7 Å². The molecule has 0 bridgehead atoms. The first-order valence-corrected chi connectivity index (χ1v) is 7.96. The lowest BCUT2D eigenvalue weighted by molar-refractivity contribution is 0.0966. The number of nitrogens with one attached hydrogen (secondary N) is 1. The molecular formula is C20H15NO3. The summed E-state index contributed by atoms with van der Waals surface area (Å²) < 4.78 is 11.3. The highest BCUT2D eigenvalue weighted by atomic mass is 16.7. The van der Waals surface area contributed by atoms with E-state index in [1.165, 1.54) is 5.56 Å². The second-order valence-corrected chi connectivity index (χ2v) is 6.17. The van der Waals surface area contributed by atoms with Gasteiger partial charge in [-0.05, 0) is 46.7 Å². The first kappa shape index (κ1) is 13.4. The minimum Gasteiger partial charge on any atom is -0.454 e. The molecule has 0 aromatic heterocycles. The molecule has 4 nitrogen and oxygen atoms in total. The molecule has 3 aromatic carbocycles. The summed E-state index contributed by atoms with van der Waals surface area (Å²) in [5.41, 5.74) is 5.15. The van der Waals surface area contributed by atoms with E-state index in [1.54, 1.807) is 0 Å². The topological polar surface area (TPSA) is 47.6 Å². The summed E-state index contributed by atoms with van der Waals surface area (Å²) in [7, 11) is 0. The number of rotatable bonds is 1. The number of hydrogen-bond donors (Lipinski definition) is 1. The maximum absolute atomic E-state index is 12.2. The summed E-state index contributed by atoms with van der Waals surface area (Å²) in [6, 6.07) is 14.1. The Labute approximate surface area is 139 Å². The SMILES string of the molecule is Cc1ccccc1-c1c2c(cc3ccc4c(c13)OCO4)C(=O)NC2. The van der Waals surface area contributed by atoms with Crippen LogP contribution in [0.4, 0.5) is 0 Å². The number of amides is 1. The van der Waals surface area contributed by atoms with E-state index >= 15 is 0 Å². The zero-order valence-corrected chi connectivity index (χ0v) is 13.2. The van der Waals surface area contributed by atoms with Gasteiger partial charge in [0.15, 0.2) is 11.5 Å². The third-order valence-corrected chi connectivity index (χ3v) is 4.83. The van der Waals surface area contributed by atoms with Crippen LogP contribution in [-0.2, 0) is 6.54 Å². The summed E-state index contributed by atoms with van der Waals surface area (Å²) in [5, 5.41) is 4.96. The van der Waals surface area contributed by atoms with Crippen molar-refractivity contribution in [3.8, 4) is 22.6 Å². The van der Waals surface area contributed by atoms with Crippen molar-refractivity contribution in [2.75, 3.05) is 6.79 Å². The molecule has 1 amide bonds. The molecule has 0 spiro atoms. The number of aryl methyl sites for hydroxylation is 1. The number of carbonyl (C=O) groups is 1. The Bertz CT molecular complexity index is 1020. The van der Waals surface area contributed by atoms with Crippen molar-refractivity contribution < 1.29 is 14.3 Å². The number of hydrogen-bond acceptors (Lipinski definition) is 3. The average Bonchev–Trinajstić information content (AvgIpc) is 3.21. The smallest absolute Gasteiger partial charge is 0.251 e. The first-order valence-electron chi connectivity index (χ1n) is 7.96. The van der Waals surface area contributed by atoms with Crippen molar-refractivity contribution in [1.29, 1.82) is 0 Å². The Morgan fingerprint density at radius 3 is 2.79 bits per heavy atom. The second kappa shape index (κ2) is 4.74. The van der Waals surface area contributed by atoms with Crippen LogP contribution in [0.2, 0.25) is 0 Å². The quantitative estimate of drug-likeness (QED) is 0.743. The van der Waals surface area contributed by atoms with Gasteiger partial charge >= 0.3 is 0 Å². The van der Waals surface area contributed by atoms with Crippen LogP contribution < -0.4 is 14.8 Å². The van der Waals surface area contributed by atoms with Crippen molar-refractivity contribution in [2.24, 2.45) is 0 Å². The molecule has 0 aliphatic carbocycles. The number of fused-ring (bicyclic) bond motifs is 4. The molecule has 118 valence electrons. The van der Waals surface area contributed by atoms with E-state index in [1.807, 2.05) is 30.3 Å². The maximum Gasteiger partial charge on any atom is 0.251 e. The standard InChI is InChI=1S/C20H15NO3/c1-11-4-2-3-5-13(11)18-15-9-21-20(22)14(15)8-12-6-7-16-19(17(12)18)24-10-23-16/h2-8H,9-10H2,1H3,(H,21,22). The van der Waals surface area contributed by atoms with Crippen LogP contribution in [0.1, 0.15) is 21.5 Å². The van der Waals surface area contributed by atoms with Crippen molar-refractivity contribution in [1.82, 2.24) is 5.32 Å². The van der Waals surface area contributed by atoms with Gasteiger partial charge in [-0.1, -0.05) is 30.3 Å². The number of benzene rings is 3. The summed E-state index contributed by atoms with van der Waals surface area (Å²) >= 11 is 0. The van der Waals surface area contributed by atoms with Crippen LogP contribution in [0.3, 0.4) is 0 Å². The highest BCUT2D eigenvalue weighted by molar-refractivity contribution is 6.11. The van der Waals surface area contributed by atoms with E-state index in [2.05, 4.69) is 24.4 Å². The zero-order valence-electron chi connectivity index (χ0n) is 13.2. The van der Waals surface area contributed by atoms with Crippen LogP contribution in [0.5, 0.6) is 11.5 Å². The van der Waals surface area contributed by atoms with E-state index < -0.39 is 0 Å². The lowest BCUT2D eigenvalue weighted by Gasteiger charge is -2.15. The van der Waals surface area contributed by atoms with Gasteiger partial charge in [0.1, 0.15) is 0 Å². The monoisotopic (exact) mass is 317 g/mol. The zero-order chi connectivity index (χ0) is 16.3. The minimum absolute atomic E-state index is 0.0144. The van der Waals surface area contributed by atoms with Crippen LogP contribution in [-0.4, -0.2) is 12.7 Å². The minimum atomic E-state index is -0.0144.